The van der Waals surface area contributed by atoms with Gasteiger partial charge in [-0.3, -0.25) is 4.68 Å². The Bertz CT molecular complexity index is 560. The summed E-state index contributed by atoms with van der Waals surface area (Å²) in [7, 11) is 0. The Labute approximate surface area is 134 Å². The van der Waals surface area contributed by atoms with E-state index in [1.807, 2.05) is 0 Å². The van der Waals surface area contributed by atoms with Crippen molar-refractivity contribution in [3.8, 4) is 0 Å². The van der Waals surface area contributed by atoms with Crippen LogP contribution in [0.3, 0.4) is 0 Å². The highest BCUT2D eigenvalue weighted by molar-refractivity contribution is 9.10. The number of likely N-dealkylation sites (tertiary alicyclic amines) is 1. The number of aromatic nitrogens is 2. The zero-order valence-electron chi connectivity index (χ0n) is 12.4. The lowest BCUT2D eigenvalue weighted by Gasteiger charge is -2.39. The molecule has 22 heavy (non-hydrogen) atoms. The number of carbonyl (C=O) groups is 1. The molecule has 124 valence electrons. The molecule has 0 atom stereocenters. The molecule has 0 radical (unpaired) electrons. The maximum atomic E-state index is 12.6. The van der Waals surface area contributed by atoms with Gasteiger partial charge in [-0.2, -0.15) is 18.3 Å². The summed E-state index contributed by atoms with van der Waals surface area (Å²) in [6, 6.07) is 0. The molecule has 1 fully saturated rings. The monoisotopic (exact) mass is 383 g/mol. The van der Waals surface area contributed by atoms with Crippen LogP contribution in [0, 0.1) is 5.92 Å². The molecule has 0 aromatic carbocycles. The maximum Gasteiger partial charge on any atom is 0.436 e. The van der Waals surface area contributed by atoms with E-state index in [0.29, 0.717) is 19.6 Å². The van der Waals surface area contributed by atoms with E-state index in [1.54, 1.807) is 20.8 Å². The summed E-state index contributed by atoms with van der Waals surface area (Å²) in [6.45, 7) is 6.57. The third-order valence-electron chi connectivity index (χ3n) is 3.04. The van der Waals surface area contributed by atoms with Crippen LogP contribution in [0.15, 0.2) is 10.7 Å². The molecule has 1 aliphatic heterocycles. The lowest BCUT2D eigenvalue weighted by Crippen LogP contribution is -2.52. The number of amides is 1. The maximum absolute atomic E-state index is 12.6. The Hall–Kier alpha value is -1.25. The van der Waals surface area contributed by atoms with Gasteiger partial charge >= 0.3 is 12.3 Å². The predicted molar refractivity (Wildman–Crippen MR) is 76.2 cm³/mol. The van der Waals surface area contributed by atoms with E-state index >= 15 is 0 Å². The van der Waals surface area contributed by atoms with Crippen LogP contribution in [0.2, 0.25) is 0 Å². The Morgan fingerprint density at radius 3 is 2.45 bits per heavy atom. The van der Waals surface area contributed by atoms with Gasteiger partial charge in [-0.25, -0.2) is 4.79 Å². The van der Waals surface area contributed by atoms with Crippen LogP contribution in [0.5, 0.6) is 0 Å². The van der Waals surface area contributed by atoms with Gasteiger partial charge in [-0.1, -0.05) is 0 Å². The summed E-state index contributed by atoms with van der Waals surface area (Å²) in [5.74, 6) is 0.0698. The number of hydrogen-bond acceptors (Lipinski definition) is 3. The van der Waals surface area contributed by atoms with Gasteiger partial charge in [0.25, 0.3) is 0 Å². The number of carbonyl (C=O) groups excluding carboxylic acids is 1. The summed E-state index contributed by atoms with van der Waals surface area (Å²) < 4.78 is 44.3. The van der Waals surface area contributed by atoms with Crippen molar-refractivity contribution in [2.24, 2.45) is 5.92 Å². The van der Waals surface area contributed by atoms with E-state index in [-0.39, 0.29) is 10.4 Å². The van der Waals surface area contributed by atoms with Gasteiger partial charge in [0.05, 0.1) is 4.47 Å². The second-order valence-electron chi connectivity index (χ2n) is 6.30. The van der Waals surface area contributed by atoms with Crippen LogP contribution in [0.1, 0.15) is 26.5 Å². The Morgan fingerprint density at radius 1 is 1.41 bits per heavy atom. The van der Waals surface area contributed by atoms with Gasteiger partial charge in [0, 0.05) is 31.7 Å². The SMILES string of the molecule is CC(C)(C)OC(=O)N1CC(Cn2cc(Br)c(C(F)(F)F)n2)C1. The molecule has 1 aliphatic rings. The van der Waals surface area contributed by atoms with Crippen molar-refractivity contribution in [3.63, 3.8) is 0 Å². The highest BCUT2D eigenvalue weighted by Gasteiger charge is 2.38. The number of hydrogen-bond donors (Lipinski definition) is 0. The van der Waals surface area contributed by atoms with Crippen molar-refractivity contribution in [2.45, 2.75) is 39.1 Å². The zero-order valence-corrected chi connectivity index (χ0v) is 14.0. The number of rotatable bonds is 2. The molecule has 0 unspecified atom stereocenters. The minimum Gasteiger partial charge on any atom is -0.444 e. The molecule has 0 saturated carbocycles. The third-order valence-corrected chi connectivity index (χ3v) is 3.62. The second-order valence-corrected chi connectivity index (χ2v) is 7.15. The average Bonchev–Trinajstić information content (AvgIpc) is 2.61. The molecular formula is C13H17BrF3N3O2. The smallest absolute Gasteiger partial charge is 0.436 e. The lowest BCUT2D eigenvalue weighted by atomic mass is 10.0. The fourth-order valence-corrected chi connectivity index (χ4v) is 2.65. The molecule has 2 heterocycles. The predicted octanol–water partition coefficient (Wildman–Crippen LogP) is 3.53. The average molecular weight is 384 g/mol. The normalized spacial score (nSPS) is 16.6. The molecule has 1 aromatic heterocycles. The van der Waals surface area contributed by atoms with Crippen molar-refractivity contribution in [1.82, 2.24) is 14.7 Å². The topological polar surface area (TPSA) is 47.4 Å². The molecule has 1 amide bonds. The van der Waals surface area contributed by atoms with Crippen molar-refractivity contribution in [2.75, 3.05) is 13.1 Å². The minimum absolute atomic E-state index is 0.0698. The standard InChI is InChI=1S/C13H17BrF3N3O2/c1-12(2,3)22-11(21)19-4-8(5-19)6-20-7-9(14)10(18-20)13(15,16)17/h7-8H,4-6H2,1-3H3. The van der Waals surface area contributed by atoms with Gasteiger partial charge in [-0.05, 0) is 36.7 Å². The van der Waals surface area contributed by atoms with E-state index in [0.717, 1.165) is 0 Å². The summed E-state index contributed by atoms with van der Waals surface area (Å²) in [6.07, 6.45) is -3.58. The largest absolute Gasteiger partial charge is 0.444 e. The third kappa shape index (κ3) is 4.15. The first-order valence-electron chi connectivity index (χ1n) is 6.74. The van der Waals surface area contributed by atoms with E-state index in [9.17, 15) is 18.0 Å². The fourth-order valence-electron chi connectivity index (χ4n) is 2.11. The Kier molecular flexibility index (Phi) is 4.47. The molecule has 2 rings (SSSR count). The molecule has 0 spiro atoms. The summed E-state index contributed by atoms with van der Waals surface area (Å²) in [5, 5.41) is 3.54. The van der Waals surface area contributed by atoms with Crippen LogP contribution in [0.4, 0.5) is 18.0 Å². The van der Waals surface area contributed by atoms with E-state index in [2.05, 4.69) is 21.0 Å². The van der Waals surface area contributed by atoms with Crippen LogP contribution in [-0.4, -0.2) is 39.5 Å². The first-order valence-corrected chi connectivity index (χ1v) is 7.53. The number of halogens is 4. The molecule has 0 aliphatic carbocycles. The van der Waals surface area contributed by atoms with E-state index in [4.69, 9.17) is 4.74 Å². The molecule has 0 bridgehead atoms. The molecule has 1 saturated heterocycles. The minimum atomic E-state index is -4.48. The van der Waals surface area contributed by atoms with Crippen molar-refractivity contribution >= 4 is 22.0 Å². The van der Waals surface area contributed by atoms with Gasteiger partial charge in [0.2, 0.25) is 0 Å². The van der Waals surface area contributed by atoms with Crippen molar-refractivity contribution in [3.05, 3.63) is 16.4 Å². The molecule has 1 aromatic rings. The molecule has 5 nitrogen and oxygen atoms in total. The summed E-state index contributed by atoms with van der Waals surface area (Å²) in [4.78, 5) is 13.3. The Balaban J connectivity index is 1.87. The van der Waals surface area contributed by atoms with Crippen LogP contribution < -0.4 is 0 Å². The number of nitrogens with zero attached hydrogens (tertiary/aromatic N) is 3. The van der Waals surface area contributed by atoms with Gasteiger partial charge < -0.3 is 9.64 Å². The first kappa shape index (κ1) is 17.1. The summed E-state index contributed by atoms with van der Waals surface area (Å²) >= 11 is 2.86. The quantitative estimate of drug-likeness (QED) is 0.784. The van der Waals surface area contributed by atoms with E-state index in [1.165, 1.54) is 15.8 Å². The van der Waals surface area contributed by atoms with Crippen molar-refractivity contribution < 1.29 is 22.7 Å². The summed E-state index contributed by atoms with van der Waals surface area (Å²) in [5.41, 5.74) is -1.49. The van der Waals surface area contributed by atoms with Crippen LogP contribution in [0.25, 0.3) is 0 Å². The molecule has 0 N–H and O–H groups in total. The number of alkyl halides is 3. The van der Waals surface area contributed by atoms with Crippen LogP contribution in [-0.2, 0) is 17.5 Å². The number of ether oxygens (including phenoxy) is 1. The van der Waals surface area contributed by atoms with Gasteiger partial charge in [0.15, 0.2) is 5.69 Å². The fraction of sp³-hybridized carbons (Fsp3) is 0.692. The first-order chi connectivity index (χ1) is 9.95. The zero-order chi connectivity index (χ0) is 16.7. The second kappa shape index (κ2) is 5.75. The highest BCUT2D eigenvalue weighted by atomic mass is 79.9. The van der Waals surface area contributed by atoms with Crippen LogP contribution >= 0.6 is 15.9 Å². The molecular weight excluding hydrogens is 367 g/mol. The van der Waals surface area contributed by atoms with Gasteiger partial charge in [-0.15, -0.1) is 0 Å². The van der Waals surface area contributed by atoms with E-state index < -0.39 is 23.6 Å². The highest BCUT2D eigenvalue weighted by Crippen LogP contribution is 2.33. The van der Waals surface area contributed by atoms with Crippen molar-refractivity contribution in [1.29, 1.82) is 0 Å². The lowest BCUT2D eigenvalue weighted by molar-refractivity contribution is -0.142. The Morgan fingerprint density at radius 2 is 2.00 bits per heavy atom. The van der Waals surface area contributed by atoms with Gasteiger partial charge in [0.1, 0.15) is 5.60 Å². The molecule has 9 heteroatoms.